The number of hydrogen-bond acceptors (Lipinski definition) is 6. The highest BCUT2D eigenvalue weighted by atomic mass is 16.5. The molecule has 1 aliphatic heterocycles. The van der Waals surface area contributed by atoms with Gasteiger partial charge in [-0.15, -0.1) is 0 Å². The van der Waals surface area contributed by atoms with E-state index in [0.717, 1.165) is 49.7 Å². The van der Waals surface area contributed by atoms with Crippen LogP contribution in [0.15, 0.2) is 44.2 Å². The van der Waals surface area contributed by atoms with Crippen molar-refractivity contribution in [3.8, 4) is 5.75 Å². The van der Waals surface area contributed by atoms with Crippen molar-refractivity contribution in [1.82, 2.24) is 4.90 Å². The molecule has 3 heterocycles. The van der Waals surface area contributed by atoms with E-state index in [0.29, 0.717) is 29.6 Å². The van der Waals surface area contributed by atoms with Crippen molar-refractivity contribution in [3.05, 3.63) is 40.9 Å². The minimum Gasteiger partial charge on any atom is -0.486 e. The molecule has 3 aromatic rings. The molecule has 25 heavy (non-hydrogen) atoms. The quantitative estimate of drug-likeness (QED) is 0.567. The summed E-state index contributed by atoms with van der Waals surface area (Å²) in [5.41, 5.74) is 6.60. The third-order valence-electron chi connectivity index (χ3n) is 4.78. The van der Waals surface area contributed by atoms with Crippen LogP contribution in [0.4, 0.5) is 0 Å². The average molecular weight is 342 g/mol. The van der Waals surface area contributed by atoms with E-state index in [9.17, 15) is 4.79 Å². The number of benzene rings is 1. The lowest BCUT2D eigenvalue weighted by Gasteiger charge is -2.29. The molecule has 6 nitrogen and oxygen atoms in total. The van der Waals surface area contributed by atoms with Gasteiger partial charge in [0.1, 0.15) is 0 Å². The van der Waals surface area contributed by atoms with E-state index < -0.39 is 5.63 Å². The van der Waals surface area contributed by atoms with E-state index in [1.54, 1.807) is 12.3 Å². The van der Waals surface area contributed by atoms with Gasteiger partial charge >= 0.3 is 5.63 Å². The molecule has 1 fully saturated rings. The number of rotatable bonds is 5. The van der Waals surface area contributed by atoms with E-state index >= 15 is 0 Å². The molecule has 0 amide bonds. The second-order valence-corrected chi connectivity index (χ2v) is 6.60. The van der Waals surface area contributed by atoms with Crippen molar-refractivity contribution in [3.63, 3.8) is 0 Å². The van der Waals surface area contributed by atoms with Crippen LogP contribution < -0.4 is 16.1 Å². The summed E-state index contributed by atoms with van der Waals surface area (Å²) in [5, 5.41) is 1.76. The van der Waals surface area contributed by atoms with Crippen LogP contribution in [0.3, 0.4) is 0 Å². The Morgan fingerprint density at radius 1 is 1.16 bits per heavy atom. The lowest BCUT2D eigenvalue weighted by atomic mass is 10.1. The number of ether oxygens (including phenoxy) is 1. The summed E-state index contributed by atoms with van der Waals surface area (Å²) in [4.78, 5) is 14.0. The first-order valence-corrected chi connectivity index (χ1v) is 8.75. The number of nitrogens with zero attached hydrogens (tertiary/aromatic N) is 1. The Bertz CT molecular complexity index is 922. The van der Waals surface area contributed by atoms with Gasteiger partial charge in [0.25, 0.3) is 0 Å². The summed E-state index contributed by atoms with van der Waals surface area (Å²) in [5.74, 6) is 0.510. The molecule has 2 aromatic heterocycles. The van der Waals surface area contributed by atoms with Crippen molar-refractivity contribution in [1.29, 1.82) is 0 Å². The van der Waals surface area contributed by atoms with E-state index in [2.05, 4.69) is 4.90 Å². The van der Waals surface area contributed by atoms with Gasteiger partial charge in [0.2, 0.25) is 5.75 Å². The van der Waals surface area contributed by atoms with E-state index in [-0.39, 0.29) is 0 Å². The molecule has 132 valence electrons. The van der Waals surface area contributed by atoms with Crippen molar-refractivity contribution in [2.45, 2.75) is 25.3 Å². The molecule has 0 unspecified atom stereocenters. The Kier molecular flexibility index (Phi) is 4.46. The maximum atomic E-state index is 11.6. The maximum Gasteiger partial charge on any atom is 0.336 e. The zero-order chi connectivity index (χ0) is 17.2. The standard InChI is InChI=1S/C19H22N2O4/c20-15-4-8-21(9-5-15)7-1-10-23-19-17-14(6-11-24-17)12-13-2-3-16(22)25-18(13)19/h2-3,6,11-12,15H,1,4-5,7-10,20H2. The molecule has 4 rings (SSSR count). The van der Waals surface area contributed by atoms with Gasteiger partial charge in [-0.2, -0.15) is 0 Å². The van der Waals surface area contributed by atoms with Gasteiger partial charge in [-0.05, 0) is 50.6 Å². The van der Waals surface area contributed by atoms with Gasteiger partial charge in [-0.3, -0.25) is 0 Å². The van der Waals surface area contributed by atoms with Gasteiger partial charge in [0.05, 0.1) is 12.9 Å². The molecule has 0 radical (unpaired) electrons. The molecule has 1 aliphatic rings. The maximum absolute atomic E-state index is 11.6. The Labute approximate surface area is 145 Å². The molecule has 0 saturated carbocycles. The fraction of sp³-hybridized carbons (Fsp3) is 0.421. The third-order valence-corrected chi connectivity index (χ3v) is 4.78. The van der Waals surface area contributed by atoms with Crippen LogP contribution in [0.5, 0.6) is 5.75 Å². The molecule has 2 N–H and O–H groups in total. The first-order chi connectivity index (χ1) is 12.2. The van der Waals surface area contributed by atoms with Gasteiger partial charge in [-0.25, -0.2) is 4.79 Å². The van der Waals surface area contributed by atoms with Crippen molar-refractivity contribution >= 4 is 21.9 Å². The van der Waals surface area contributed by atoms with Gasteiger partial charge in [-0.1, -0.05) is 0 Å². The highest BCUT2D eigenvalue weighted by molar-refractivity contribution is 5.99. The van der Waals surface area contributed by atoms with Gasteiger partial charge in [0, 0.05) is 29.4 Å². The topological polar surface area (TPSA) is 81.8 Å². The predicted octanol–water partition coefficient (Wildman–Crippen LogP) is 2.73. The average Bonchev–Trinajstić information content (AvgIpc) is 3.08. The molecule has 0 bridgehead atoms. The van der Waals surface area contributed by atoms with Crippen molar-refractivity contribution in [2.75, 3.05) is 26.2 Å². The molecule has 0 spiro atoms. The molecular weight excluding hydrogens is 320 g/mol. The fourth-order valence-corrected chi connectivity index (χ4v) is 3.38. The molecule has 1 aromatic carbocycles. The number of fused-ring (bicyclic) bond motifs is 2. The van der Waals surface area contributed by atoms with Crippen LogP contribution >= 0.6 is 0 Å². The Hall–Kier alpha value is -2.31. The summed E-state index contributed by atoms with van der Waals surface area (Å²) in [7, 11) is 0. The Morgan fingerprint density at radius 3 is 2.80 bits per heavy atom. The molecule has 0 atom stereocenters. The van der Waals surface area contributed by atoms with Gasteiger partial charge < -0.3 is 24.2 Å². The van der Waals surface area contributed by atoms with E-state index in [1.165, 1.54) is 6.07 Å². The van der Waals surface area contributed by atoms with E-state index in [4.69, 9.17) is 19.3 Å². The van der Waals surface area contributed by atoms with Crippen molar-refractivity contribution in [2.24, 2.45) is 5.73 Å². The first-order valence-electron chi connectivity index (χ1n) is 8.75. The van der Waals surface area contributed by atoms with Gasteiger partial charge in [0.15, 0.2) is 11.2 Å². The number of likely N-dealkylation sites (tertiary alicyclic amines) is 1. The number of hydrogen-bond donors (Lipinski definition) is 1. The zero-order valence-corrected chi connectivity index (χ0v) is 14.1. The normalized spacial score (nSPS) is 16.7. The monoisotopic (exact) mass is 342 g/mol. The molecular formula is C19H22N2O4. The predicted molar refractivity (Wildman–Crippen MR) is 96.0 cm³/mol. The SMILES string of the molecule is NC1CCN(CCCOc2c3occc3cc3ccc(=O)oc23)CC1. The second kappa shape index (κ2) is 6.90. The summed E-state index contributed by atoms with van der Waals surface area (Å²) in [6.45, 7) is 3.61. The fourth-order valence-electron chi connectivity index (χ4n) is 3.38. The van der Waals surface area contributed by atoms with Crippen LogP contribution in [-0.4, -0.2) is 37.2 Å². The van der Waals surface area contributed by atoms with Crippen LogP contribution in [0.2, 0.25) is 0 Å². The summed E-state index contributed by atoms with van der Waals surface area (Å²) in [6, 6.07) is 7.32. The van der Waals surface area contributed by atoms with Crippen LogP contribution in [-0.2, 0) is 0 Å². The summed E-state index contributed by atoms with van der Waals surface area (Å²) >= 11 is 0. The largest absolute Gasteiger partial charge is 0.486 e. The third kappa shape index (κ3) is 3.41. The van der Waals surface area contributed by atoms with Crippen molar-refractivity contribution < 1.29 is 13.6 Å². The van der Waals surface area contributed by atoms with Crippen LogP contribution in [0.25, 0.3) is 21.9 Å². The second-order valence-electron chi connectivity index (χ2n) is 6.60. The van der Waals surface area contributed by atoms with Crippen LogP contribution in [0, 0.1) is 0 Å². The Balaban J connectivity index is 1.49. The number of furan rings is 1. The van der Waals surface area contributed by atoms with E-state index in [1.807, 2.05) is 12.1 Å². The molecule has 6 heteroatoms. The smallest absolute Gasteiger partial charge is 0.336 e. The summed E-state index contributed by atoms with van der Waals surface area (Å²) < 4.78 is 16.9. The first kappa shape index (κ1) is 16.2. The van der Waals surface area contributed by atoms with Crippen LogP contribution in [0.1, 0.15) is 19.3 Å². The molecule has 0 aliphatic carbocycles. The Morgan fingerprint density at radius 2 is 1.96 bits per heavy atom. The lowest BCUT2D eigenvalue weighted by Crippen LogP contribution is -2.40. The molecule has 1 saturated heterocycles. The summed E-state index contributed by atoms with van der Waals surface area (Å²) in [6.07, 6.45) is 4.63. The minimum absolute atomic E-state index is 0.346. The number of nitrogens with two attached hydrogens (primary N) is 1. The highest BCUT2D eigenvalue weighted by Crippen LogP contribution is 2.34. The lowest BCUT2D eigenvalue weighted by molar-refractivity contribution is 0.194. The zero-order valence-electron chi connectivity index (χ0n) is 14.1. The number of piperidine rings is 1. The minimum atomic E-state index is -0.395. The highest BCUT2D eigenvalue weighted by Gasteiger charge is 2.17.